The molecule has 6 nitrogen and oxygen atoms in total. The van der Waals surface area contributed by atoms with E-state index in [1.807, 2.05) is 31.2 Å². The van der Waals surface area contributed by atoms with Gasteiger partial charge in [-0.15, -0.1) is 0 Å². The molecule has 0 radical (unpaired) electrons. The minimum absolute atomic E-state index is 0.220. The van der Waals surface area contributed by atoms with Crippen molar-refractivity contribution in [2.75, 3.05) is 11.4 Å². The Morgan fingerprint density at radius 2 is 1.93 bits per heavy atom. The maximum atomic E-state index is 12.7. The maximum Gasteiger partial charge on any atom is 0.375 e. The van der Waals surface area contributed by atoms with E-state index in [4.69, 9.17) is 9.15 Å². The van der Waals surface area contributed by atoms with Crippen LogP contribution in [0, 0.1) is 6.92 Å². The first-order valence-corrected chi connectivity index (χ1v) is 9.09. The van der Waals surface area contributed by atoms with Crippen LogP contribution in [-0.2, 0) is 16.0 Å². The van der Waals surface area contributed by atoms with Crippen LogP contribution in [0.5, 0.6) is 0 Å². The third kappa shape index (κ3) is 3.17. The van der Waals surface area contributed by atoms with Crippen molar-refractivity contribution in [1.82, 2.24) is 0 Å². The monoisotopic (exact) mass is 377 g/mol. The molecule has 0 unspecified atom stereocenters. The molecule has 0 aliphatic carbocycles. The molecule has 0 fully saturated rings. The van der Waals surface area contributed by atoms with Crippen molar-refractivity contribution in [2.24, 2.45) is 0 Å². The van der Waals surface area contributed by atoms with Gasteiger partial charge in [0, 0.05) is 18.3 Å². The van der Waals surface area contributed by atoms with Gasteiger partial charge in [-0.3, -0.25) is 9.59 Å². The highest BCUT2D eigenvalue weighted by Gasteiger charge is 2.30. The van der Waals surface area contributed by atoms with Gasteiger partial charge in [-0.2, -0.15) is 0 Å². The molecule has 3 aromatic rings. The molecule has 6 heteroatoms. The lowest BCUT2D eigenvalue weighted by Gasteiger charge is -2.21. The van der Waals surface area contributed by atoms with Crippen LogP contribution in [0.3, 0.4) is 0 Å². The minimum Gasteiger partial charge on any atom is -0.449 e. The number of ether oxygens (including phenoxy) is 1. The number of esters is 1. The zero-order chi connectivity index (χ0) is 19.8. The van der Waals surface area contributed by atoms with E-state index in [9.17, 15) is 14.4 Å². The quantitative estimate of drug-likeness (QED) is 0.655. The van der Waals surface area contributed by atoms with E-state index in [1.165, 1.54) is 6.92 Å². The van der Waals surface area contributed by atoms with Gasteiger partial charge in [0.15, 0.2) is 11.5 Å². The zero-order valence-corrected chi connectivity index (χ0v) is 15.6. The fraction of sp³-hybridized carbons (Fsp3) is 0.227. The number of aryl methyl sites for hydroxylation is 1. The summed E-state index contributed by atoms with van der Waals surface area (Å²) in [6.07, 6.45) is -0.237. The summed E-state index contributed by atoms with van der Waals surface area (Å²) >= 11 is 0. The van der Waals surface area contributed by atoms with Crippen LogP contribution in [-0.4, -0.2) is 24.5 Å². The van der Waals surface area contributed by atoms with Crippen LogP contribution in [0.25, 0.3) is 11.0 Å². The Balaban J connectivity index is 1.54. The highest BCUT2D eigenvalue weighted by molar-refractivity contribution is 6.00. The molecule has 1 amide bonds. The van der Waals surface area contributed by atoms with Gasteiger partial charge in [0.25, 0.3) is 5.91 Å². The van der Waals surface area contributed by atoms with Crippen molar-refractivity contribution >= 4 is 28.5 Å². The van der Waals surface area contributed by atoms with Crippen molar-refractivity contribution in [3.8, 4) is 0 Å². The van der Waals surface area contributed by atoms with Crippen LogP contribution in [0.1, 0.15) is 28.6 Å². The number of hydrogen-bond donors (Lipinski definition) is 0. The number of para-hydroxylation sites is 1. The predicted molar refractivity (Wildman–Crippen MR) is 105 cm³/mol. The third-order valence-corrected chi connectivity index (χ3v) is 4.87. The summed E-state index contributed by atoms with van der Waals surface area (Å²) in [6, 6.07) is 13.9. The summed E-state index contributed by atoms with van der Waals surface area (Å²) in [5.41, 5.74) is 2.82. The zero-order valence-electron chi connectivity index (χ0n) is 15.6. The minimum atomic E-state index is -1.00. The molecule has 0 saturated carbocycles. The molecule has 28 heavy (non-hydrogen) atoms. The van der Waals surface area contributed by atoms with Crippen LogP contribution in [0.4, 0.5) is 5.69 Å². The van der Waals surface area contributed by atoms with Gasteiger partial charge in [-0.05, 0) is 44.0 Å². The van der Waals surface area contributed by atoms with E-state index in [2.05, 4.69) is 0 Å². The summed E-state index contributed by atoms with van der Waals surface area (Å²) in [4.78, 5) is 39.1. The van der Waals surface area contributed by atoms with Crippen LogP contribution in [0.2, 0.25) is 0 Å². The van der Waals surface area contributed by atoms with Crippen molar-refractivity contribution in [3.05, 3.63) is 75.6 Å². The second-order valence-corrected chi connectivity index (χ2v) is 6.89. The average Bonchev–Trinajstić information content (AvgIpc) is 3.11. The first kappa shape index (κ1) is 18.0. The smallest absolute Gasteiger partial charge is 0.375 e. The van der Waals surface area contributed by atoms with Crippen molar-refractivity contribution in [3.63, 3.8) is 0 Å². The fourth-order valence-corrected chi connectivity index (χ4v) is 3.43. The predicted octanol–water partition coefficient (Wildman–Crippen LogP) is 3.24. The van der Waals surface area contributed by atoms with Gasteiger partial charge in [0.05, 0.1) is 5.39 Å². The van der Waals surface area contributed by atoms with Crippen molar-refractivity contribution in [1.29, 1.82) is 0 Å². The standard InChI is InChI=1S/C22H19NO5/c1-13-7-8-19-16(11-13)18(24)12-20(28-19)22(26)27-14(2)21(25)23-10-9-15-5-3-4-6-17(15)23/h3-8,11-12,14H,9-10H2,1-2H3/t14-/m1/s1. The number of rotatable bonds is 3. The Morgan fingerprint density at radius 1 is 1.14 bits per heavy atom. The first-order chi connectivity index (χ1) is 13.4. The normalized spacial score (nSPS) is 14.0. The number of hydrogen-bond acceptors (Lipinski definition) is 5. The second kappa shape index (κ2) is 6.96. The number of amides is 1. The fourth-order valence-electron chi connectivity index (χ4n) is 3.43. The molecule has 1 atom stereocenters. The van der Waals surface area contributed by atoms with Crippen molar-refractivity contribution < 1.29 is 18.7 Å². The molecule has 1 aliphatic heterocycles. The summed E-state index contributed by atoms with van der Waals surface area (Å²) < 4.78 is 10.8. The van der Waals surface area contributed by atoms with E-state index in [-0.39, 0.29) is 17.1 Å². The summed E-state index contributed by atoms with van der Waals surface area (Å²) in [5, 5.41) is 0.398. The van der Waals surface area contributed by atoms with Gasteiger partial charge in [-0.1, -0.05) is 29.8 Å². The number of fused-ring (bicyclic) bond motifs is 2. The van der Waals surface area contributed by atoms with E-state index in [1.54, 1.807) is 23.1 Å². The molecule has 0 spiro atoms. The summed E-state index contributed by atoms with van der Waals surface area (Å²) in [5.74, 6) is -1.37. The third-order valence-electron chi connectivity index (χ3n) is 4.87. The van der Waals surface area contributed by atoms with Crippen LogP contribution < -0.4 is 10.3 Å². The lowest BCUT2D eigenvalue weighted by molar-refractivity contribution is -0.126. The molecular weight excluding hydrogens is 358 g/mol. The maximum absolute atomic E-state index is 12.7. The number of carbonyl (C=O) groups is 2. The molecule has 2 aromatic carbocycles. The Bertz CT molecular complexity index is 1150. The lowest BCUT2D eigenvalue weighted by atomic mass is 10.1. The number of carbonyl (C=O) groups excluding carboxylic acids is 2. The lowest BCUT2D eigenvalue weighted by Crippen LogP contribution is -2.39. The van der Waals surface area contributed by atoms with Crippen LogP contribution in [0.15, 0.2) is 57.7 Å². The Morgan fingerprint density at radius 3 is 2.75 bits per heavy atom. The van der Waals surface area contributed by atoms with Gasteiger partial charge in [-0.25, -0.2) is 4.79 Å². The average molecular weight is 377 g/mol. The molecular formula is C22H19NO5. The molecule has 4 rings (SSSR count). The van der Waals surface area contributed by atoms with Gasteiger partial charge >= 0.3 is 5.97 Å². The summed E-state index contributed by atoms with van der Waals surface area (Å²) in [6.45, 7) is 3.93. The van der Waals surface area contributed by atoms with E-state index in [0.717, 1.165) is 29.3 Å². The topological polar surface area (TPSA) is 76.8 Å². The van der Waals surface area contributed by atoms with Gasteiger partial charge in [0.2, 0.25) is 5.76 Å². The second-order valence-electron chi connectivity index (χ2n) is 6.89. The van der Waals surface area contributed by atoms with Crippen LogP contribution >= 0.6 is 0 Å². The number of nitrogens with zero attached hydrogens (tertiary/aromatic N) is 1. The molecule has 0 N–H and O–H groups in total. The Labute approximate surface area is 161 Å². The number of benzene rings is 2. The molecule has 2 heterocycles. The van der Waals surface area contributed by atoms with E-state index in [0.29, 0.717) is 17.5 Å². The summed E-state index contributed by atoms with van der Waals surface area (Å²) in [7, 11) is 0. The molecule has 1 aromatic heterocycles. The van der Waals surface area contributed by atoms with E-state index >= 15 is 0 Å². The molecule has 1 aliphatic rings. The highest BCUT2D eigenvalue weighted by atomic mass is 16.6. The van der Waals surface area contributed by atoms with Gasteiger partial charge in [0.1, 0.15) is 5.58 Å². The molecule has 142 valence electrons. The van der Waals surface area contributed by atoms with E-state index < -0.39 is 12.1 Å². The Hall–Kier alpha value is -3.41. The highest BCUT2D eigenvalue weighted by Crippen LogP contribution is 2.28. The molecule has 0 saturated heterocycles. The first-order valence-electron chi connectivity index (χ1n) is 9.09. The largest absolute Gasteiger partial charge is 0.449 e. The molecule has 0 bridgehead atoms. The SMILES string of the molecule is Cc1ccc2oc(C(=O)O[C@H](C)C(=O)N3CCc4ccccc43)cc(=O)c2c1. The Kier molecular flexibility index (Phi) is 4.47. The van der Waals surface area contributed by atoms with Crippen molar-refractivity contribution in [2.45, 2.75) is 26.4 Å². The number of anilines is 1. The van der Waals surface area contributed by atoms with Gasteiger partial charge < -0.3 is 14.1 Å².